The van der Waals surface area contributed by atoms with Gasteiger partial charge in [-0.05, 0) is 29.8 Å². The van der Waals surface area contributed by atoms with Gasteiger partial charge in [0.1, 0.15) is 22.8 Å². The zero-order valence-electron chi connectivity index (χ0n) is 14.2. The minimum atomic E-state index is -0.248. The van der Waals surface area contributed by atoms with Gasteiger partial charge in [0, 0.05) is 28.8 Å². The van der Waals surface area contributed by atoms with E-state index < -0.39 is 0 Å². The number of amides is 1. The van der Waals surface area contributed by atoms with Crippen LogP contribution in [0.3, 0.4) is 0 Å². The third-order valence-electron chi connectivity index (χ3n) is 3.76. The molecule has 0 aliphatic carbocycles. The maximum atomic E-state index is 12.9. The molecule has 130 valence electrons. The van der Waals surface area contributed by atoms with Gasteiger partial charge < -0.3 is 14.8 Å². The number of aromatic nitrogens is 4. The summed E-state index contributed by atoms with van der Waals surface area (Å²) in [7, 11) is 3.12. The first-order valence-corrected chi connectivity index (χ1v) is 8.23. The van der Waals surface area contributed by atoms with E-state index in [0.717, 1.165) is 10.4 Å². The summed E-state index contributed by atoms with van der Waals surface area (Å²) in [5, 5.41) is 14.7. The number of rotatable bonds is 5. The van der Waals surface area contributed by atoms with Crippen LogP contribution in [-0.4, -0.2) is 40.3 Å². The number of anilines is 1. The molecule has 0 bridgehead atoms. The van der Waals surface area contributed by atoms with Crippen LogP contribution < -0.4 is 14.8 Å². The Morgan fingerprint density at radius 3 is 2.40 bits per heavy atom. The Kier molecular flexibility index (Phi) is 4.66. The van der Waals surface area contributed by atoms with Gasteiger partial charge in [-0.3, -0.25) is 4.79 Å². The molecule has 1 aromatic carbocycles. The Bertz CT molecular complexity index is 883. The van der Waals surface area contributed by atoms with Crippen LogP contribution >= 0.6 is 11.3 Å². The van der Waals surface area contributed by atoms with Gasteiger partial charge in [0.05, 0.1) is 19.8 Å². The van der Waals surface area contributed by atoms with Crippen LogP contribution in [0.5, 0.6) is 11.5 Å². The summed E-state index contributed by atoms with van der Waals surface area (Å²) in [6, 6.07) is 5.19. The first-order chi connectivity index (χ1) is 12.0. The molecule has 0 radical (unpaired) electrons. The molecule has 2 heterocycles. The molecule has 0 aliphatic heterocycles. The van der Waals surface area contributed by atoms with E-state index in [-0.39, 0.29) is 5.91 Å². The van der Waals surface area contributed by atoms with Crippen molar-refractivity contribution in [1.82, 2.24) is 20.2 Å². The summed E-state index contributed by atoms with van der Waals surface area (Å²) in [5.41, 5.74) is 2.01. The molecule has 1 amide bonds. The third-order valence-corrected chi connectivity index (χ3v) is 4.96. The average molecular weight is 359 g/mol. The van der Waals surface area contributed by atoms with Crippen LogP contribution in [0.25, 0.3) is 5.00 Å². The number of benzene rings is 1. The molecule has 0 saturated carbocycles. The highest BCUT2D eigenvalue weighted by Gasteiger charge is 2.22. The lowest BCUT2D eigenvalue weighted by Gasteiger charge is -2.11. The van der Waals surface area contributed by atoms with E-state index in [0.29, 0.717) is 27.8 Å². The van der Waals surface area contributed by atoms with E-state index in [9.17, 15) is 4.79 Å². The van der Waals surface area contributed by atoms with Gasteiger partial charge in [-0.2, -0.15) is 4.68 Å². The molecular formula is C16H17N5O3S. The van der Waals surface area contributed by atoms with Crippen LogP contribution in [0.2, 0.25) is 0 Å². The topological polar surface area (TPSA) is 91.2 Å². The number of ether oxygens (including phenoxy) is 2. The molecular weight excluding hydrogens is 342 g/mol. The second kappa shape index (κ2) is 6.89. The lowest BCUT2D eigenvalue weighted by atomic mass is 10.1. The van der Waals surface area contributed by atoms with Gasteiger partial charge in [0.2, 0.25) is 0 Å². The summed E-state index contributed by atoms with van der Waals surface area (Å²) in [4.78, 5) is 13.9. The number of methoxy groups -OCH3 is 2. The van der Waals surface area contributed by atoms with Crippen LogP contribution in [0.1, 0.15) is 20.8 Å². The lowest BCUT2D eigenvalue weighted by molar-refractivity contribution is 0.102. The van der Waals surface area contributed by atoms with Gasteiger partial charge in [-0.1, -0.05) is 0 Å². The summed E-state index contributed by atoms with van der Waals surface area (Å²) in [5.74, 6) is 0.935. The van der Waals surface area contributed by atoms with E-state index in [1.54, 1.807) is 32.4 Å². The van der Waals surface area contributed by atoms with Crippen molar-refractivity contribution in [3.63, 3.8) is 0 Å². The van der Waals surface area contributed by atoms with E-state index in [4.69, 9.17) is 9.47 Å². The molecule has 0 spiro atoms. The molecule has 0 saturated heterocycles. The monoisotopic (exact) mass is 359 g/mol. The zero-order chi connectivity index (χ0) is 18.0. The minimum absolute atomic E-state index is 0.248. The molecule has 0 unspecified atom stereocenters. The van der Waals surface area contributed by atoms with E-state index in [1.165, 1.54) is 22.3 Å². The number of hydrogen-bond acceptors (Lipinski definition) is 7. The fourth-order valence-corrected chi connectivity index (χ4v) is 3.44. The number of carbonyl (C=O) groups is 1. The van der Waals surface area contributed by atoms with Crippen LogP contribution in [-0.2, 0) is 0 Å². The average Bonchev–Trinajstić information content (AvgIpc) is 3.23. The number of thiophene rings is 1. The molecule has 25 heavy (non-hydrogen) atoms. The lowest BCUT2D eigenvalue weighted by Crippen LogP contribution is -2.15. The smallest absolute Gasteiger partial charge is 0.259 e. The van der Waals surface area contributed by atoms with Crippen molar-refractivity contribution in [2.45, 2.75) is 13.8 Å². The Labute approximate surface area is 148 Å². The Balaban J connectivity index is 1.97. The number of nitrogens with zero attached hydrogens (tertiary/aromatic N) is 4. The highest BCUT2D eigenvalue weighted by Crippen LogP contribution is 2.32. The largest absolute Gasteiger partial charge is 0.497 e. The molecule has 2 aromatic heterocycles. The Morgan fingerprint density at radius 1 is 1.16 bits per heavy atom. The predicted octanol–water partition coefficient (Wildman–Crippen LogP) is 2.61. The maximum absolute atomic E-state index is 12.9. The predicted molar refractivity (Wildman–Crippen MR) is 94.0 cm³/mol. The fraction of sp³-hybridized carbons (Fsp3) is 0.250. The van der Waals surface area contributed by atoms with Crippen molar-refractivity contribution in [3.8, 4) is 16.5 Å². The van der Waals surface area contributed by atoms with Crippen LogP contribution in [0, 0.1) is 13.8 Å². The summed E-state index contributed by atoms with van der Waals surface area (Å²) in [6.07, 6.45) is 1.47. The van der Waals surface area contributed by atoms with Crippen molar-refractivity contribution >= 4 is 22.9 Å². The molecule has 9 heteroatoms. The quantitative estimate of drug-likeness (QED) is 0.753. The van der Waals surface area contributed by atoms with E-state index in [2.05, 4.69) is 20.8 Å². The van der Waals surface area contributed by atoms with Gasteiger partial charge in [-0.15, -0.1) is 16.4 Å². The van der Waals surface area contributed by atoms with Crippen molar-refractivity contribution in [2.24, 2.45) is 0 Å². The highest BCUT2D eigenvalue weighted by atomic mass is 32.1. The molecule has 0 fully saturated rings. The van der Waals surface area contributed by atoms with Gasteiger partial charge in [-0.25, -0.2) is 0 Å². The molecule has 3 aromatic rings. The number of aryl methyl sites for hydroxylation is 1. The van der Waals surface area contributed by atoms with Gasteiger partial charge >= 0.3 is 0 Å². The summed E-state index contributed by atoms with van der Waals surface area (Å²) >= 11 is 1.46. The standard InChI is InChI=1S/C16H17N5O3S/c1-9-10(2)25-16(21-8-17-19-20-21)14(9)15(22)18-11-5-12(23-3)7-13(6-11)24-4/h5-8H,1-4H3,(H,18,22). The van der Waals surface area contributed by atoms with Crippen LogP contribution in [0.15, 0.2) is 24.5 Å². The summed E-state index contributed by atoms with van der Waals surface area (Å²) in [6.45, 7) is 3.86. The Hall–Kier alpha value is -2.94. The SMILES string of the molecule is COc1cc(NC(=O)c2c(-n3cnnn3)sc(C)c2C)cc(OC)c1. The maximum Gasteiger partial charge on any atom is 0.259 e. The second-order valence-electron chi connectivity index (χ2n) is 5.27. The number of nitrogens with one attached hydrogen (secondary N) is 1. The second-order valence-corrected chi connectivity index (χ2v) is 6.48. The first kappa shape index (κ1) is 16.9. The molecule has 3 rings (SSSR count). The van der Waals surface area contributed by atoms with Gasteiger partial charge in [0.25, 0.3) is 5.91 Å². The zero-order valence-corrected chi connectivity index (χ0v) is 15.0. The molecule has 0 atom stereocenters. The Morgan fingerprint density at radius 2 is 1.84 bits per heavy atom. The van der Waals surface area contributed by atoms with Crippen molar-refractivity contribution in [3.05, 3.63) is 40.5 Å². The number of hydrogen-bond donors (Lipinski definition) is 1. The van der Waals surface area contributed by atoms with Crippen LogP contribution in [0.4, 0.5) is 5.69 Å². The number of carbonyl (C=O) groups excluding carboxylic acids is 1. The summed E-state index contributed by atoms with van der Waals surface area (Å²) < 4.78 is 12.0. The number of tetrazole rings is 1. The normalized spacial score (nSPS) is 10.6. The van der Waals surface area contributed by atoms with Crippen molar-refractivity contribution < 1.29 is 14.3 Å². The van der Waals surface area contributed by atoms with Gasteiger partial charge in [0.15, 0.2) is 0 Å². The molecule has 8 nitrogen and oxygen atoms in total. The highest BCUT2D eigenvalue weighted by molar-refractivity contribution is 7.15. The van der Waals surface area contributed by atoms with E-state index >= 15 is 0 Å². The van der Waals surface area contributed by atoms with Crippen molar-refractivity contribution in [1.29, 1.82) is 0 Å². The van der Waals surface area contributed by atoms with E-state index in [1.807, 2.05) is 13.8 Å². The van der Waals surface area contributed by atoms with Crippen molar-refractivity contribution in [2.75, 3.05) is 19.5 Å². The molecule has 1 N–H and O–H groups in total. The first-order valence-electron chi connectivity index (χ1n) is 7.41. The minimum Gasteiger partial charge on any atom is -0.497 e. The fourth-order valence-electron chi connectivity index (χ4n) is 2.37. The molecule has 0 aliphatic rings. The third kappa shape index (κ3) is 3.31.